The maximum Gasteiger partial charge on any atom is 0.320 e. The number of aliphatic hydroxyl groups excluding tert-OH is 4. The summed E-state index contributed by atoms with van der Waals surface area (Å²) in [5, 5.41) is 39.2. The van der Waals surface area contributed by atoms with Crippen LogP contribution in [0.2, 0.25) is 0 Å². The van der Waals surface area contributed by atoms with Crippen molar-refractivity contribution in [2.24, 2.45) is 17.8 Å². The smallest absolute Gasteiger partial charge is 0.320 e. The lowest BCUT2D eigenvalue weighted by Gasteiger charge is -2.40. The van der Waals surface area contributed by atoms with E-state index in [9.17, 15) is 30.0 Å². The van der Waals surface area contributed by atoms with Crippen LogP contribution in [0.4, 0.5) is 0 Å². The van der Waals surface area contributed by atoms with Crippen molar-refractivity contribution in [3.05, 3.63) is 24.0 Å². The summed E-state index contributed by atoms with van der Waals surface area (Å²) in [6.45, 7) is 0.701. The number of aliphatic hydroxyl groups is 4. The monoisotopic (exact) mass is 440 g/mol. The molecule has 0 aromatic rings. The molecule has 0 saturated carbocycles. The van der Waals surface area contributed by atoms with Crippen molar-refractivity contribution in [2.75, 3.05) is 13.2 Å². The first-order chi connectivity index (χ1) is 14.8. The molecule has 4 aliphatic heterocycles. The van der Waals surface area contributed by atoms with Crippen LogP contribution in [-0.2, 0) is 33.3 Å². The second kappa shape index (κ2) is 7.34. The maximum absolute atomic E-state index is 12.3. The molecule has 0 aromatic carbocycles. The van der Waals surface area contributed by atoms with Crippen molar-refractivity contribution in [3.8, 4) is 0 Å². The van der Waals surface area contributed by atoms with Crippen molar-refractivity contribution < 1.29 is 53.7 Å². The van der Waals surface area contributed by atoms with Crippen molar-refractivity contribution >= 4 is 11.8 Å². The van der Waals surface area contributed by atoms with Gasteiger partial charge in [-0.1, -0.05) is 6.08 Å². The molecule has 0 unspecified atom stereocenters. The van der Waals surface area contributed by atoms with E-state index in [2.05, 4.69) is 0 Å². The molecular formula is C20H24O11. The van der Waals surface area contributed by atoms with Crippen LogP contribution < -0.4 is 0 Å². The summed E-state index contributed by atoms with van der Waals surface area (Å²) in [4.78, 5) is 24.3. The summed E-state index contributed by atoms with van der Waals surface area (Å²) < 4.78 is 28.2. The van der Waals surface area contributed by atoms with Gasteiger partial charge in [0.2, 0.25) is 6.29 Å². The van der Waals surface area contributed by atoms with E-state index in [1.807, 2.05) is 6.08 Å². The molecule has 4 N–H and O–H groups in total. The van der Waals surface area contributed by atoms with E-state index in [0.717, 1.165) is 0 Å². The predicted molar refractivity (Wildman–Crippen MR) is 96.7 cm³/mol. The van der Waals surface area contributed by atoms with Crippen molar-refractivity contribution in [1.82, 2.24) is 0 Å². The SMILES string of the molecule is CC(=O)[C@@H]1C(=O)O[C@]23C=C[C@@H]4C(CO[C@@H]5O[C@H](CO)[C@@H](O)[C@H](O)[C@H]5O)=CO[C@H](O[C@H]12)[C@@H]43. The topological polar surface area (TPSA) is 161 Å². The molecule has 3 saturated heterocycles. The first-order valence-electron chi connectivity index (χ1n) is 10.1. The van der Waals surface area contributed by atoms with E-state index in [-0.39, 0.29) is 18.3 Å². The van der Waals surface area contributed by atoms with Crippen LogP contribution in [-0.4, -0.2) is 94.1 Å². The van der Waals surface area contributed by atoms with Gasteiger partial charge in [0.15, 0.2) is 11.9 Å². The number of Topliss-reactive ketones (excluding diaryl/α,β-unsaturated/α-hetero) is 1. The predicted octanol–water partition coefficient (Wildman–Crippen LogP) is -2.26. The summed E-state index contributed by atoms with van der Waals surface area (Å²) in [5.74, 6) is -2.63. The molecule has 4 heterocycles. The average molecular weight is 440 g/mol. The third-order valence-electron chi connectivity index (χ3n) is 6.81. The Balaban J connectivity index is 1.31. The number of esters is 1. The van der Waals surface area contributed by atoms with Crippen LogP contribution in [0.15, 0.2) is 24.0 Å². The number of ether oxygens (including phenoxy) is 5. The second-order valence-corrected chi connectivity index (χ2v) is 8.54. The van der Waals surface area contributed by atoms with Crippen LogP contribution in [0.1, 0.15) is 6.92 Å². The normalized spacial score (nSPS) is 49.8. The highest BCUT2D eigenvalue weighted by atomic mass is 16.7. The van der Waals surface area contributed by atoms with E-state index >= 15 is 0 Å². The number of carbonyl (C=O) groups is 2. The van der Waals surface area contributed by atoms with Gasteiger partial charge in [-0.25, -0.2) is 0 Å². The van der Waals surface area contributed by atoms with Gasteiger partial charge in [-0.05, 0) is 18.6 Å². The number of carbonyl (C=O) groups excluding carboxylic acids is 2. The highest BCUT2D eigenvalue weighted by Gasteiger charge is 2.72. The fraction of sp³-hybridized carbons (Fsp3) is 0.700. The van der Waals surface area contributed by atoms with Gasteiger partial charge >= 0.3 is 5.97 Å². The number of hydrogen-bond donors (Lipinski definition) is 4. The van der Waals surface area contributed by atoms with Gasteiger partial charge in [0.1, 0.15) is 42.2 Å². The Labute approximate surface area is 176 Å². The van der Waals surface area contributed by atoms with Crippen LogP contribution in [0.5, 0.6) is 0 Å². The van der Waals surface area contributed by atoms with Gasteiger partial charge < -0.3 is 44.1 Å². The Hall–Kier alpha value is -1.86. The molecular weight excluding hydrogens is 416 g/mol. The lowest BCUT2D eigenvalue weighted by molar-refractivity contribution is -0.299. The quantitative estimate of drug-likeness (QED) is 0.208. The molecule has 1 aliphatic carbocycles. The Kier molecular flexibility index (Phi) is 4.97. The lowest BCUT2D eigenvalue weighted by atomic mass is 9.77. The molecule has 11 atom stereocenters. The Morgan fingerprint density at radius 1 is 1.19 bits per heavy atom. The van der Waals surface area contributed by atoms with E-state index in [1.165, 1.54) is 13.2 Å². The highest BCUT2D eigenvalue weighted by molar-refractivity contribution is 6.00. The molecule has 0 radical (unpaired) electrons. The van der Waals surface area contributed by atoms with Gasteiger partial charge in [0, 0.05) is 5.92 Å². The Bertz CT molecular complexity index is 837. The minimum absolute atomic E-state index is 0.0637. The van der Waals surface area contributed by atoms with Crippen LogP contribution in [0.3, 0.4) is 0 Å². The number of allylic oxidation sites excluding steroid dienone is 1. The zero-order chi connectivity index (χ0) is 22.1. The molecule has 5 rings (SSSR count). The third kappa shape index (κ3) is 2.92. The summed E-state index contributed by atoms with van der Waals surface area (Å²) in [6, 6.07) is 0. The Morgan fingerprint density at radius 3 is 2.68 bits per heavy atom. The van der Waals surface area contributed by atoms with Crippen molar-refractivity contribution in [1.29, 1.82) is 0 Å². The summed E-state index contributed by atoms with van der Waals surface area (Å²) >= 11 is 0. The van der Waals surface area contributed by atoms with E-state index in [0.29, 0.717) is 5.57 Å². The summed E-state index contributed by atoms with van der Waals surface area (Å²) in [5.41, 5.74) is -0.441. The third-order valence-corrected chi connectivity index (χ3v) is 6.81. The zero-order valence-electron chi connectivity index (χ0n) is 16.6. The van der Waals surface area contributed by atoms with Crippen LogP contribution in [0.25, 0.3) is 0 Å². The van der Waals surface area contributed by atoms with Gasteiger partial charge in [0.25, 0.3) is 0 Å². The Morgan fingerprint density at radius 2 is 1.97 bits per heavy atom. The van der Waals surface area contributed by atoms with Crippen molar-refractivity contribution in [3.63, 3.8) is 0 Å². The van der Waals surface area contributed by atoms with Gasteiger partial charge in [0.05, 0.1) is 25.4 Å². The largest absolute Gasteiger partial charge is 0.472 e. The minimum Gasteiger partial charge on any atom is -0.472 e. The van der Waals surface area contributed by atoms with E-state index < -0.39 is 73.1 Å². The second-order valence-electron chi connectivity index (χ2n) is 8.54. The molecule has 0 bridgehead atoms. The first-order valence-corrected chi connectivity index (χ1v) is 10.1. The molecule has 170 valence electrons. The van der Waals surface area contributed by atoms with Crippen LogP contribution >= 0.6 is 0 Å². The molecule has 3 fully saturated rings. The average Bonchev–Trinajstić information content (AvgIpc) is 3.34. The summed E-state index contributed by atoms with van der Waals surface area (Å²) in [6.07, 6.45) is -3.32. The summed E-state index contributed by atoms with van der Waals surface area (Å²) in [7, 11) is 0. The van der Waals surface area contributed by atoms with Gasteiger partial charge in [-0.3, -0.25) is 9.59 Å². The first kappa shape index (κ1) is 21.0. The lowest BCUT2D eigenvalue weighted by Crippen LogP contribution is -2.59. The fourth-order valence-electron chi connectivity index (χ4n) is 5.22. The maximum atomic E-state index is 12.3. The molecule has 5 aliphatic rings. The van der Waals surface area contributed by atoms with Gasteiger partial charge in [-0.15, -0.1) is 0 Å². The molecule has 0 aromatic heterocycles. The fourth-order valence-corrected chi connectivity index (χ4v) is 5.22. The molecule has 0 amide bonds. The highest BCUT2D eigenvalue weighted by Crippen LogP contribution is 2.58. The van der Waals surface area contributed by atoms with Crippen LogP contribution in [0, 0.1) is 17.8 Å². The zero-order valence-corrected chi connectivity index (χ0v) is 16.6. The standard InChI is InChI=1S/C20H24O11/c1-7(22)11-16-20(31-17(11)26)3-2-9-8(5-27-18(30-16)12(9)20)6-28-19-15(25)14(24)13(23)10(4-21)29-19/h2-3,5,9-16,18-19,21,23-25H,4,6H2,1H3/t9-,10-,11+,12-,13-,14+,15-,16-,18-,19-,20+/m1/s1. The van der Waals surface area contributed by atoms with Crippen molar-refractivity contribution in [2.45, 2.75) is 55.6 Å². The number of hydrogen-bond acceptors (Lipinski definition) is 11. The molecule has 11 heteroatoms. The number of rotatable bonds is 5. The molecule has 31 heavy (non-hydrogen) atoms. The molecule has 11 nitrogen and oxygen atoms in total. The minimum atomic E-state index is -1.54. The van der Waals surface area contributed by atoms with Gasteiger partial charge in [-0.2, -0.15) is 0 Å². The molecule has 1 spiro atoms. The van der Waals surface area contributed by atoms with E-state index in [4.69, 9.17) is 23.7 Å². The number of ketones is 1. The van der Waals surface area contributed by atoms with E-state index in [1.54, 1.807) is 6.08 Å².